The van der Waals surface area contributed by atoms with Gasteiger partial charge in [-0.3, -0.25) is 9.52 Å². The average Bonchev–Trinajstić information content (AvgIpc) is 3.06. The number of nitrogens with zero attached hydrogens (tertiary/aromatic N) is 1. The van der Waals surface area contributed by atoms with E-state index < -0.39 is 27.9 Å². The van der Waals surface area contributed by atoms with Crippen molar-refractivity contribution in [2.75, 3.05) is 4.72 Å². The SMILES string of the molecule is Cc1ccc(S(=O)(=O)Nc2ccc(C(=O)NN=Cc3ccc(OC(=O)c4ccccc4)cc3OC(=O)c3ccccc3)cc2)cc1. The molecule has 0 bridgehead atoms. The molecular formula is C35H27N3O7S. The fourth-order valence-electron chi connectivity index (χ4n) is 4.09. The van der Waals surface area contributed by atoms with Crippen LogP contribution in [0, 0.1) is 6.92 Å². The molecule has 0 fully saturated rings. The Morgan fingerprint density at radius 3 is 1.87 bits per heavy atom. The summed E-state index contributed by atoms with van der Waals surface area (Å²) in [4.78, 5) is 38.2. The highest BCUT2D eigenvalue weighted by atomic mass is 32.2. The van der Waals surface area contributed by atoms with Crippen LogP contribution < -0.4 is 19.6 Å². The van der Waals surface area contributed by atoms with Gasteiger partial charge in [-0.1, -0.05) is 54.1 Å². The molecule has 11 heteroatoms. The number of sulfonamides is 1. The van der Waals surface area contributed by atoms with Gasteiger partial charge in [0.2, 0.25) is 0 Å². The summed E-state index contributed by atoms with van der Waals surface area (Å²) in [6, 6.07) is 33.4. The number of amides is 1. The number of benzene rings is 5. The third-order valence-electron chi connectivity index (χ3n) is 6.52. The summed E-state index contributed by atoms with van der Waals surface area (Å²) in [5.41, 5.74) is 4.77. The lowest BCUT2D eigenvalue weighted by atomic mass is 10.2. The highest BCUT2D eigenvalue weighted by Crippen LogP contribution is 2.26. The van der Waals surface area contributed by atoms with Crippen molar-refractivity contribution in [3.05, 3.63) is 155 Å². The molecule has 0 saturated carbocycles. The van der Waals surface area contributed by atoms with Crippen LogP contribution in [0.1, 0.15) is 42.2 Å². The minimum Gasteiger partial charge on any atom is -0.423 e. The molecule has 46 heavy (non-hydrogen) atoms. The summed E-state index contributed by atoms with van der Waals surface area (Å²) in [6.45, 7) is 1.86. The van der Waals surface area contributed by atoms with E-state index in [9.17, 15) is 22.8 Å². The first-order valence-corrected chi connectivity index (χ1v) is 15.4. The number of nitrogens with one attached hydrogen (secondary N) is 2. The van der Waals surface area contributed by atoms with Crippen molar-refractivity contribution in [1.29, 1.82) is 0 Å². The zero-order chi connectivity index (χ0) is 32.5. The maximum atomic E-state index is 12.8. The Morgan fingerprint density at radius 1 is 0.674 bits per heavy atom. The minimum absolute atomic E-state index is 0.0374. The van der Waals surface area contributed by atoms with Gasteiger partial charge < -0.3 is 9.47 Å². The van der Waals surface area contributed by atoms with Crippen LogP contribution in [0.15, 0.2) is 137 Å². The third kappa shape index (κ3) is 8.10. The lowest BCUT2D eigenvalue weighted by Gasteiger charge is -2.11. The van der Waals surface area contributed by atoms with Crippen LogP contribution in [0.4, 0.5) is 5.69 Å². The lowest BCUT2D eigenvalue weighted by molar-refractivity contribution is 0.0731. The second kappa shape index (κ2) is 14.1. The van der Waals surface area contributed by atoms with E-state index in [4.69, 9.17) is 9.47 Å². The molecule has 5 rings (SSSR count). The normalized spacial score (nSPS) is 11.1. The largest absolute Gasteiger partial charge is 0.423 e. The highest BCUT2D eigenvalue weighted by molar-refractivity contribution is 7.92. The minimum atomic E-state index is -3.80. The van der Waals surface area contributed by atoms with Crippen molar-refractivity contribution >= 4 is 39.8 Å². The molecule has 0 aliphatic heterocycles. The van der Waals surface area contributed by atoms with Crippen LogP contribution in [0.3, 0.4) is 0 Å². The number of aryl methyl sites for hydroxylation is 1. The van der Waals surface area contributed by atoms with Gasteiger partial charge in [0.15, 0.2) is 0 Å². The van der Waals surface area contributed by atoms with Crippen molar-refractivity contribution in [1.82, 2.24) is 5.43 Å². The zero-order valence-electron chi connectivity index (χ0n) is 24.4. The maximum Gasteiger partial charge on any atom is 0.343 e. The molecule has 0 spiro atoms. The van der Waals surface area contributed by atoms with Crippen molar-refractivity contribution in [3.63, 3.8) is 0 Å². The molecule has 0 unspecified atom stereocenters. The molecule has 0 heterocycles. The van der Waals surface area contributed by atoms with Gasteiger partial charge in [0, 0.05) is 22.9 Å². The van der Waals surface area contributed by atoms with Gasteiger partial charge in [-0.25, -0.2) is 23.4 Å². The molecular weight excluding hydrogens is 606 g/mol. The van der Waals surface area contributed by atoms with Crippen molar-refractivity contribution in [3.8, 4) is 11.5 Å². The maximum absolute atomic E-state index is 12.8. The summed E-state index contributed by atoms with van der Waals surface area (Å²) in [7, 11) is -3.80. The Kier molecular flexibility index (Phi) is 9.64. The van der Waals surface area contributed by atoms with E-state index in [1.807, 2.05) is 6.92 Å². The molecule has 0 aliphatic rings. The van der Waals surface area contributed by atoms with Gasteiger partial charge in [-0.05, 0) is 79.7 Å². The average molecular weight is 634 g/mol. The molecule has 1 amide bonds. The standard InChI is InChI=1S/C35H27N3O7S/c1-24-12-20-31(21-13-24)46(42,43)38-29-17-14-25(15-18-29)33(39)37-36-23-28-16-19-30(44-34(40)26-8-4-2-5-9-26)22-32(28)45-35(41)27-10-6-3-7-11-27/h2-23,38H,1H3,(H,37,39). The summed E-state index contributed by atoms with van der Waals surface area (Å²) >= 11 is 0. The first-order chi connectivity index (χ1) is 22.2. The number of ether oxygens (including phenoxy) is 2. The number of hydrazone groups is 1. The molecule has 10 nitrogen and oxygen atoms in total. The lowest BCUT2D eigenvalue weighted by Crippen LogP contribution is -2.18. The molecule has 5 aromatic carbocycles. The van der Waals surface area contributed by atoms with Gasteiger partial charge >= 0.3 is 11.9 Å². The summed E-state index contributed by atoms with van der Waals surface area (Å²) in [5, 5.41) is 3.99. The number of hydrogen-bond donors (Lipinski definition) is 2. The first kappa shape index (κ1) is 31.4. The Hall–Kier alpha value is -6.07. The summed E-state index contributed by atoms with van der Waals surface area (Å²) < 4.78 is 38.9. The Balaban J connectivity index is 1.28. The number of rotatable bonds is 10. The molecule has 0 aliphatic carbocycles. The smallest absolute Gasteiger partial charge is 0.343 e. The molecule has 0 atom stereocenters. The molecule has 0 saturated heterocycles. The van der Waals surface area contributed by atoms with Gasteiger partial charge in [0.05, 0.1) is 22.2 Å². The van der Waals surface area contributed by atoms with E-state index in [-0.39, 0.29) is 27.6 Å². The van der Waals surface area contributed by atoms with E-state index in [2.05, 4.69) is 15.2 Å². The van der Waals surface area contributed by atoms with Gasteiger partial charge in [-0.2, -0.15) is 5.10 Å². The van der Waals surface area contributed by atoms with E-state index in [0.717, 1.165) is 5.56 Å². The quantitative estimate of drug-likeness (QED) is 0.0832. The van der Waals surface area contributed by atoms with E-state index >= 15 is 0 Å². The Morgan fingerprint density at radius 2 is 1.26 bits per heavy atom. The highest BCUT2D eigenvalue weighted by Gasteiger charge is 2.16. The fourth-order valence-corrected chi connectivity index (χ4v) is 5.15. The predicted molar refractivity (Wildman–Crippen MR) is 173 cm³/mol. The molecule has 0 radical (unpaired) electrons. The van der Waals surface area contributed by atoms with Crippen LogP contribution >= 0.6 is 0 Å². The summed E-state index contributed by atoms with van der Waals surface area (Å²) in [6.07, 6.45) is 1.28. The van der Waals surface area contributed by atoms with Crippen molar-refractivity contribution in [2.45, 2.75) is 11.8 Å². The van der Waals surface area contributed by atoms with E-state index in [0.29, 0.717) is 16.7 Å². The second-order valence-corrected chi connectivity index (χ2v) is 11.6. The number of carbonyl (C=O) groups excluding carboxylic acids is 3. The number of carbonyl (C=O) groups is 3. The monoisotopic (exact) mass is 633 g/mol. The molecule has 0 aromatic heterocycles. The van der Waals surface area contributed by atoms with Gasteiger partial charge in [0.25, 0.3) is 15.9 Å². The van der Waals surface area contributed by atoms with Crippen LogP contribution in [0.2, 0.25) is 0 Å². The fraction of sp³-hybridized carbons (Fsp3) is 0.0286. The zero-order valence-corrected chi connectivity index (χ0v) is 25.2. The molecule has 5 aromatic rings. The molecule has 2 N–H and O–H groups in total. The van der Waals surface area contributed by atoms with Gasteiger partial charge in [-0.15, -0.1) is 0 Å². The first-order valence-electron chi connectivity index (χ1n) is 13.9. The Labute approximate surface area is 265 Å². The number of anilines is 1. The third-order valence-corrected chi connectivity index (χ3v) is 7.91. The van der Waals surface area contributed by atoms with E-state index in [1.54, 1.807) is 72.8 Å². The van der Waals surface area contributed by atoms with Crippen LogP contribution in [-0.4, -0.2) is 32.5 Å². The van der Waals surface area contributed by atoms with Crippen LogP contribution in [0.25, 0.3) is 0 Å². The topological polar surface area (TPSA) is 140 Å². The van der Waals surface area contributed by atoms with E-state index in [1.165, 1.54) is 60.8 Å². The van der Waals surface area contributed by atoms with Crippen molar-refractivity contribution < 1.29 is 32.3 Å². The number of hydrogen-bond acceptors (Lipinski definition) is 8. The second-order valence-electron chi connectivity index (χ2n) is 9.91. The van der Waals surface area contributed by atoms with Crippen molar-refractivity contribution in [2.24, 2.45) is 5.10 Å². The van der Waals surface area contributed by atoms with Crippen LogP contribution in [-0.2, 0) is 10.0 Å². The summed E-state index contributed by atoms with van der Waals surface area (Å²) in [5.74, 6) is -1.65. The predicted octanol–water partition coefficient (Wildman–Crippen LogP) is 6.00. The Bertz CT molecular complexity index is 2000. The molecule has 230 valence electrons. The van der Waals surface area contributed by atoms with Gasteiger partial charge in [0.1, 0.15) is 11.5 Å². The van der Waals surface area contributed by atoms with Crippen LogP contribution in [0.5, 0.6) is 11.5 Å². The number of esters is 2.